The first-order valence-electron chi connectivity index (χ1n) is 9.56. The lowest BCUT2D eigenvalue weighted by Gasteiger charge is -2.27. The molecule has 0 bridgehead atoms. The lowest BCUT2D eigenvalue weighted by atomic mass is 10.1. The van der Waals surface area contributed by atoms with Gasteiger partial charge in [0.2, 0.25) is 11.8 Å². The summed E-state index contributed by atoms with van der Waals surface area (Å²) < 4.78 is 23.4. The van der Waals surface area contributed by atoms with Gasteiger partial charge in [-0.2, -0.15) is 5.10 Å². The Hall–Kier alpha value is -2.75. The molecule has 0 saturated carbocycles. The molecule has 9 nitrogen and oxygen atoms in total. The van der Waals surface area contributed by atoms with E-state index in [4.69, 9.17) is 0 Å². The minimum absolute atomic E-state index is 0.0178. The van der Waals surface area contributed by atoms with Gasteiger partial charge in [0, 0.05) is 37.7 Å². The maximum absolute atomic E-state index is 12.7. The van der Waals surface area contributed by atoms with Crippen molar-refractivity contribution in [3.63, 3.8) is 0 Å². The number of nitrogens with one attached hydrogen (secondary N) is 1. The van der Waals surface area contributed by atoms with Crippen molar-refractivity contribution in [2.24, 2.45) is 5.10 Å². The first-order valence-corrected chi connectivity index (χ1v) is 11.4. The summed E-state index contributed by atoms with van der Waals surface area (Å²) in [7, 11) is -3.16. The summed E-state index contributed by atoms with van der Waals surface area (Å²) in [4.78, 5) is 38.2. The predicted octanol–water partition coefficient (Wildman–Crippen LogP) is 0.700. The fourth-order valence-electron chi connectivity index (χ4n) is 4.00. The molecule has 1 fully saturated rings. The van der Waals surface area contributed by atoms with Gasteiger partial charge in [-0.15, -0.1) is 0 Å². The van der Waals surface area contributed by atoms with Crippen molar-refractivity contribution in [1.29, 1.82) is 0 Å². The van der Waals surface area contributed by atoms with Crippen LogP contribution in [-0.4, -0.2) is 61.0 Å². The highest BCUT2D eigenvalue weighted by Gasteiger charge is 2.37. The predicted molar refractivity (Wildman–Crippen MR) is 107 cm³/mol. The molecule has 29 heavy (non-hydrogen) atoms. The molecular weight excluding hydrogens is 396 g/mol. The van der Waals surface area contributed by atoms with Gasteiger partial charge in [-0.3, -0.25) is 14.4 Å². The highest BCUT2D eigenvalue weighted by Crippen LogP contribution is 2.30. The number of hydrogen-bond acceptors (Lipinski definition) is 6. The molecule has 0 aromatic heterocycles. The second-order valence-electron chi connectivity index (χ2n) is 7.56. The number of hydrazone groups is 1. The molecule has 10 heteroatoms. The highest BCUT2D eigenvalue weighted by molar-refractivity contribution is 7.91. The van der Waals surface area contributed by atoms with Gasteiger partial charge in [-0.25, -0.2) is 13.4 Å². The summed E-state index contributed by atoms with van der Waals surface area (Å²) in [6, 6.07) is 4.87. The number of nitrogens with zero attached hydrogens (tertiary/aromatic N) is 3. The van der Waals surface area contributed by atoms with Gasteiger partial charge in [0.1, 0.15) is 5.71 Å². The second-order valence-corrected chi connectivity index (χ2v) is 9.79. The van der Waals surface area contributed by atoms with Crippen molar-refractivity contribution >= 4 is 44.6 Å². The van der Waals surface area contributed by atoms with Crippen molar-refractivity contribution < 1.29 is 22.8 Å². The van der Waals surface area contributed by atoms with Crippen LogP contribution in [0.2, 0.25) is 0 Å². The Bertz CT molecular complexity index is 1030. The Labute approximate surface area is 168 Å². The van der Waals surface area contributed by atoms with Crippen LogP contribution in [0.25, 0.3) is 0 Å². The Morgan fingerprint density at radius 1 is 1.21 bits per heavy atom. The molecule has 4 rings (SSSR count). The van der Waals surface area contributed by atoms with Crippen molar-refractivity contribution in [2.75, 3.05) is 28.3 Å². The third kappa shape index (κ3) is 3.89. The van der Waals surface area contributed by atoms with Gasteiger partial charge in [0.25, 0.3) is 5.91 Å². The molecule has 3 heterocycles. The Kier molecular flexibility index (Phi) is 4.89. The molecule has 1 aromatic carbocycles. The van der Waals surface area contributed by atoms with Crippen molar-refractivity contribution in [1.82, 2.24) is 5.01 Å². The van der Waals surface area contributed by atoms with Crippen LogP contribution >= 0.6 is 0 Å². The molecule has 3 aliphatic rings. The number of fused-ring (bicyclic) bond motifs is 1. The van der Waals surface area contributed by atoms with Gasteiger partial charge >= 0.3 is 0 Å². The van der Waals surface area contributed by atoms with Crippen molar-refractivity contribution in [2.45, 2.75) is 38.6 Å². The van der Waals surface area contributed by atoms with Gasteiger partial charge in [-0.05, 0) is 36.6 Å². The minimum Gasteiger partial charge on any atom is -0.321 e. The molecular formula is C19H22N4O5S. The Morgan fingerprint density at radius 2 is 2.00 bits per heavy atom. The van der Waals surface area contributed by atoms with E-state index in [1.54, 1.807) is 17.0 Å². The van der Waals surface area contributed by atoms with E-state index in [1.165, 1.54) is 11.9 Å². The zero-order valence-electron chi connectivity index (χ0n) is 16.1. The molecule has 1 atom stereocenters. The summed E-state index contributed by atoms with van der Waals surface area (Å²) in [5.41, 5.74) is 2.63. The van der Waals surface area contributed by atoms with E-state index in [1.807, 2.05) is 6.07 Å². The minimum atomic E-state index is -3.16. The monoisotopic (exact) mass is 418 g/mol. The third-order valence-electron chi connectivity index (χ3n) is 5.49. The van der Waals surface area contributed by atoms with E-state index >= 15 is 0 Å². The van der Waals surface area contributed by atoms with E-state index in [-0.39, 0.29) is 41.9 Å². The molecule has 0 aliphatic carbocycles. The fraction of sp³-hybridized carbons (Fsp3) is 0.474. The zero-order chi connectivity index (χ0) is 20.8. The van der Waals surface area contributed by atoms with Crippen LogP contribution < -0.4 is 10.2 Å². The van der Waals surface area contributed by atoms with Crippen LogP contribution in [0.4, 0.5) is 11.4 Å². The number of sulfone groups is 1. The molecule has 0 unspecified atom stereocenters. The molecule has 1 N–H and O–H groups in total. The third-order valence-corrected chi connectivity index (χ3v) is 7.24. The number of hydrogen-bond donors (Lipinski definition) is 1. The lowest BCUT2D eigenvalue weighted by molar-refractivity contribution is -0.133. The average molecular weight is 418 g/mol. The molecule has 154 valence electrons. The largest absolute Gasteiger partial charge is 0.321 e. The molecule has 1 saturated heterocycles. The molecule has 3 amide bonds. The first-order chi connectivity index (χ1) is 13.7. The molecule has 3 aliphatic heterocycles. The topological polar surface area (TPSA) is 116 Å². The lowest BCUT2D eigenvalue weighted by Crippen LogP contribution is -2.42. The summed E-state index contributed by atoms with van der Waals surface area (Å²) in [6.45, 7) is 2.14. The van der Waals surface area contributed by atoms with Crippen LogP contribution in [0.15, 0.2) is 23.3 Å². The standard InChI is InChI=1S/C19H22N4O5S/c1-12(24)22-8-6-13-10-14(2-4-17(13)22)20-19(26)16-3-5-18(25)23(21-16)15-7-9-29(27,28)11-15/h2,4,10,15H,3,5-9,11H2,1H3,(H,20,26)/t15-/m0/s1. The number of carbonyl (C=O) groups is 3. The first kappa shape index (κ1) is 19.6. The van der Waals surface area contributed by atoms with Gasteiger partial charge < -0.3 is 10.2 Å². The number of amides is 3. The second kappa shape index (κ2) is 7.25. The SMILES string of the molecule is CC(=O)N1CCc2cc(NC(=O)C3=NN([C@H]4CCS(=O)(=O)C4)C(=O)CC3)ccc21. The summed E-state index contributed by atoms with van der Waals surface area (Å²) >= 11 is 0. The van der Waals surface area contributed by atoms with E-state index in [0.717, 1.165) is 17.7 Å². The van der Waals surface area contributed by atoms with E-state index < -0.39 is 21.8 Å². The Balaban J connectivity index is 1.49. The smallest absolute Gasteiger partial charge is 0.271 e. The van der Waals surface area contributed by atoms with Gasteiger partial charge in [0.05, 0.1) is 17.5 Å². The number of carbonyl (C=O) groups excluding carboxylic acids is 3. The normalized spacial score (nSPS) is 23.0. The maximum Gasteiger partial charge on any atom is 0.271 e. The average Bonchev–Trinajstić information content (AvgIpc) is 3.24. The molecule has 0 radical (unpaired) electrons. The van der Waals surface area contributed by atoms with E-state index in [9.17, 15) is 22.8 Å². The zero-order valence-corrected chi connectivity index (χ0v) is 16.9. The van der Waals surface area contributed by atoms with Crippen molar-refractivity contribution in [3.8, 4) is 0 Å². The highest BCUT2D eigenvalue weighted by atomic mass is 32.2. The maximum atomic E-state index is 12.7. The van der Waals surface area contributed by atoms with E-state index in [2.05, 4.69) is 10.4 Å². The van der Waals surface area contributed by atoms with Gasteiger partial charge in [-0.1, -0.05) is 0 Å². The summed E-state index contributed by atoms with van der Waals surface area (Å²) in [5, 5.41) is 8.16. The Morgan fingerprint density at radius 3 is 2.69 bits per heavy atom. The summed E-state index contributed by atoms with van der Waals surface area (Å²) in [6.07, 6.45) is 1.40. The van der Waals surface area contributed by atoms with E-state index in [0.29, 0.717) is 18.7 Å². The van der Waals surface area contributed by atoms with Crippen LogP contribution in [0.5, 0.6) is 0 Å². The molecule has 0 spiro atoms. The van der Waals surface area contributed by atoms with Crippen LogP contribution in [0.1, 0.15) is 31.7 Å². The van der Waals surface area contributed by atoms with Crippen molar-refractivity contribution in [3.05, 3.63) is 23.8 Å². The van der Waals surface area contributed by atoms with Crippen LogP contribution in [-0.2, 0) is 30.6 Å². The number of benzene rings is 1. The van der Waals surface area contributed by atoms with Crippen LogP contribution in [0, 0.1) is 0 Å². The van der Waals surface area contributed by atoms with Crippen LogP contribution in [0.3, 0.4) is 0 Å². The number of anilines is 2. The molecule has 1 aromatic rings. The van der Waals surface area contributed by atoms with Gasteiger partial charge in [0.15, 0.2) is 9.84 Å². The fourth-order valence-corrected chi connectivity index (χ4v) is 5.69. The summed E-state index contributed by atoms with van der Waals surface area (Å²) in [5.74, 6) is -0.773. The quantitative estimate of drug-likeness (QED) is 0.776. The number of rotatable bonds is 3.